The Balaban J connectivity index is 1.96. The highest BCUT2D eigenvalue weighted by molar-refractivity contribution is 5.68. The number of hydrogen-bond acceptors (Lipinski definition) is 2. The highest BCUT2D eigenvalue weighted by Crippen LogP contribution is 2.37. The summed E-state index contributed by atoms with van der Waals surface area (Å²) < 4.78 is 0. The molecule has 0 aliphatic carbocycles. The fourth-order valence-corrected chi connectivity index (χ4v) is 3.17. The monoisotopic (exact) mass is 281 g/mol. The van der Waals surface area contributed by atoms with Crippen molar-refractivity contribution in [2.75, 3.05) is 4.90 Å². The predicted molar refractivity (Wildman–Crippen MR) is 88.1 cm³/mol. The molecule has 2 unspecified atom stereocenters. The third kappa shape index (κ3) is 2.68. The van der Waals surface area contributed by atoms with Gasteiger partial charge in [0.1, 0.15) is 0 Å². The maximum absolute atomic E-state index is 9.93. The third-order valence-corrected chi connectivity index (χ3v) is 4.47. The minimum Gasteiger partial charge on any atom is -0.388 e. The number of rotatable bonds is 3. The Kier molecular flexibility index (Phi) is 3.98. The Morgan fingerprint density at radius 3 is 2.57 bits per heavy atom. The molecule has 0 saturated carbocycles. The van der Waals surface area contributed by atoms with Crippen LogP contribution >= 0.6 is 0 Å². The average Bonchev–Trinajstić information content (AvgIpc) is 2.54. The first-order chi connectivity index (χ1) is 10.2. The second-order valence-electron chi connectivity index (χ2n) is 5.90. The van der Waals surface area contributed by atoms with E-state index >= 15 is 0 Å². The van der Waals surface area contributed by atoms with E-state index in [4.69, 9.17) is 0 Å². The number of aliphatic hydroxyl groups is 1. The van der Waals surface area contributed by atoms with Crippen LogP contribution in [0, 0.1) is 0 Å². The Morgan fingerprint density at radius 2 is 1.86 bits per heavy atom. The number of para-hydroxylation sites is 1. The Labute approximate surface area is 127 Å². The van der Waals surface area contributed by atoms with Gasteiger partial charge in [-0.1, -0.05) is 37.3 Å². The topological polar surface area (TPSA) is 23.5 Å². The average molecular weight is 281 g/mol. The van der Waals surface area contributed by atoms with E-state index in [1.807, 2.05) is 19.1 Å². The lowest BCUT2D eigenvalue weighted by atomic mass is 9.95. The van der Waals surface area contributed by atoms with Gasteiger partial charge in [-0.3, -0.25) is 0 Å². The quantitative estimate of drug-likeness (QED) is 0.888. The summed E-state index contributed by atoms with van der Waals surface area (Å²) in [6.07, 6.45) is 2.73. The third-order valence-electron chi connectivity index (χ3n) is 4.47. The van der Waals surface area contributed by atoms with Crippen LogP contribution in [0.3, 0.4) is 0 Å². The lowest BCUT2D eigenvalue weighted by Crippen LogP contribution is -2.33. The number of fused-ring (bicyclic) bond motifs is 1. The van der Waals surface area contributed by atoms with Crippen molar-refractivity contribution in [2.24, 2.45) is 0 Å². The van der Waals surface area contributed by atoms with Crippen LogP contribution in [0.1, 0.15) is 43.9 Å². The molecule has 0 spiro atoms. The molecule has 3 rings (SSSR count). The van der Waals surface area contributed by atoms with Crippen molar-refractivity contribution in [3.05, 3.63) is 59.7 Å². The van der Waals surface area contributed by atoms with Crippen molar-refractivity contribution in [1.29, 1.82) is 0 Å². The smallest absolute Gasteiger partial charge is 0.0787 e. The zero-order valence-electron chi connectivity index (χ0n) is 12.8. The molecule has 2 atom stereocenters. The molecule has 0 bridgehead atoms. The summed E-state index contributed by atoms with van der Waals surface area (Å²) in [6, 6.07) is 17.5. The van der Waals surface area contributed by atoms with Crippen LogP contribution in [-0.4, -0.2) is 11.1 Å². The molecule has 0 fully saturated rings. The summed E-state index contributed by atoms with van der Waals surface area (Å²) in [7, 11) is 0. The summed E-state index contributed by atoms with van der Waals surface area (Å²) in [5.74, 6) is 0. The van der Waals surface area contributed by atoms with Gasteiger partial charge in [0.2, 0.25) is 0 Å². The van der Waals surface area contributed by atoms with Gasteiger partial charge in [0.15, 0.2) is 0 Å². The molecule has 0 aromatic heterocycles. The number of anilines is 2. The van der Waals surface area contributed by atoms with E-state index in [1.165, 1.54) is 23.4 Å². The molecule has 1 aliphatic rings. The van der Waals surface area contributed by atoms with Crippen LogP contribution in [-0.2, 0) is 6.42 Å². The zero-order chi connectivity index (χ0) is 14.8. The van der Waals surface area contributed by atoms with Gasteiger partial charge in [-0.05, 0) is 55.5 Å². The fraction of sp³-hybridized carbons (Fsp3) is 0.368. The molecule has 1 heterocycles. The maximum Gasteiger partial charge on any atom is 0.0787 e. The molecule has 1 aliphatic heterocycles. The van der Waals surface area contributed by atoms with Crippen LogP contribution in [0.5, 0.6) is 0 Å². The normalized spacial score (nSPS) is 19.2. The van der Waals surface area contributed by atoms with E-state index in [0.29, 0.717) is 6.04 Å². The molecular weight excluding hydrogens is 258 g/mol. The van der Waals surface area contributed by atoms with Gasteiger partial charge in [-0.25, -0.2) is 0 Å². The molecular formula is C19H23NO. The Bertz CT molecular complexity index is 605. The van der Waals surface area contributed by atoms with Crippen molar-refractivity contribution in [3.8, 4) is 0 Å². The molecule has 1 N–H and O–H groups in total. The summed E-state index contributed by atoms with van der Waals surface area (Å²) in [4.78, 5) is 2.42. The molecule has 110 valence electrons. The molecule has 0 radical (unpaired) electrons. The van der Waals surface area contributed by atoms with Gasteiger partial charge >= 0.3 is 0 Å². The molecule has 2 nitrogen and oxygen atoms in total. The first-order valence-electron chi connectivity index (χ1n) is 7.86. The predicted octanol–water partition coefficient (Wildman–Crippen LogP) is 4.60. The minimum absolute atomic E-state index is 0.356. The zero-order valence-corrected chi connectivity index (χ0v) is 12.8. The Morgan fingerprint density at radius 1 is 1.14 bits per heavy atom. The van der Waals surface area contributed by atoms with Crippen LogP contribution < -0.4 is 4.90 Å². The second kappa shape index (κ2) is 5.90. The van der Waals surface area contributed by atoms with Crippen LogP contribution in [0.4, 0.5) is 11.4 Å². The summed E-state index contributed by atoms with van der Waals surface area (Å²) >= 11 is 0. The molecule has 0 saturated heterocycles. The van der Waals surface area contributed by atoms with Crippen LogP contribution in [0.25, 0.3) is 0 Å². The van der Waals surface area contributed by atoms with E-state index in [1.54, 1.807) is 0 Å². The standard InChI is InChI=1S/C19H23NO/c1-3-19(21)16-10-12-17(13-11-16)20-14(2)8-9-15-6-4-5-7-18(15)20/h4-7,10-14,19,21H,3,8-9H2,1-2H3. The Hall–Kier alpha value is -1.80. The largest absolute Gasteiger partial charge is 0.388 e. The lowest BCUT2D eigenvalue weighted by molar-refractivity contribution is 0.173. The summed E-state index contributed by atoms with van der Waals surface area (Å²) in [6.45, 7) is 4.28. The van der Waals surface area contributed by atoms with Gasteiger partial charge in [-0.15, -0.1) is 0 Å². The van der Waals surface area contributed by atoms with E-state index in [2.05, 4.69) is 48.2 Å². The number of aryl methyl sites for hydroxylation is 1. The minimum atomic E-state index is -0.356. The van der Waals surface area contributed by atoms with Gasteiger partial charge in [-0.2, -0.15) is 0 Å². The highest BCUT2D eigenvalue weighted by atomic mass is 16.3. The first-order valence-corrected chi connectivity index (χ1v) is 7.86. The fourth-order valence-electron chi connectivity index (χ4n) is 3.17. The van der Waals surface area contributed by atoms with Crippen molar-refractivity contribution in [1.82, 2.24) is 0 Å². The number of aliphatic hydroxyl groups excluding tert-OH is 1. The number of nitrogens with zero attached hydrogens (tertiary/aromatic N) is 1. The molecule has 2 heteroatoms. The van der Waals surface area contributed by atoms with E-state index in [9.17, 15) is 5.11 Å². The summed E-state index contributed by atoms with van der Waals surface area (Å²) in [5, 5.41) is 9.93. The second-order valence-corrected chi connectivity index (χ2v) is 5.90. The van der Waals surface area contributed by atoms with E-state index in [0.717, 1.165) is 18.4 Å². The SMILES string of the molecule is CCC(O)c1ccc(N2c3ccccc3CCC2C)cc1. The molecule has 2 aromatic rings. The lowest BCUT2D eigenvalue weighted by Gasteiger charge is -2.37. The van der Waals surface area contributed by atoms with Crippen LogP contribution in [0.15, 0.2) is 48.5 Å². The van der Waals surface area contributed by atoms with Gasteiger partial charge in [0.25, 0.3) is 0 Å². The van der Waals surface area contributed by atoms with Crippen molar-refractivity contribution >= 4 is 11.4 Å². The number of hydrogen-bond donors (Lipinski definition) is 1. The van der Waals surface area contributed by atoms with Crippen molar-refractivity contribution in [2.45, 2.75) is 45.3 Å². The molecule has 21 heavy (non-hydrogen) atoms. The highest BCUT2D eigenvalue weighted by Gasteiger charge is 2.23. The van der Waals surface area contributed by atoms with E-state index in [-0.39, 0.29) is 6.10 Å². The number of benzene rings is 2. The van der Waals surface area contributed by atoms with Gasteiger partial charge < -0.3 is 10.0 Å². The first kappa shape index (κ1) is 14.2. The summed E-state index contributed by atoms with van der Waals surface area (Å²) in [5.41, 5.74) is 4.95. The molecule has 2 aromatic carbocycles. The van der Waals surface area contributed by atoms with Gasteiger partial charge in [0.05, 0.1) is 6.10 Å². The van der Waals surface area contributed by atoms with Crippen molar-refractivity contribution < 1.29 is 5.11 Å². The van der Waals surface area contributed by atoms with Crippen LogP contribution in [0.2, 0.25) is 0 Å². The molecule has 0 amide bonds. The maximum atomic E-state index is 9.93. The van der Waals surface area contributed by atoms with Gasteiger partial charge in [0, 0.05) is 17.4 Å². The van der Waals surface area contributed by atoms with E-state index < -0.39 is 0 Å². The van der Waals surface area contributed by atoms with Crippen molar-refractivity contribution in [3.63, 3.8) is 0 Å².